The van der Waals surface area contributed by atoms with E-state index in [1.165, 1.54) is 17.8 Å². The predicted molar refractivity (Wildman–Crippen MR) is 110 cm³/mol. The number of hydrogen-bond donors (Lipinski definition) is 1. The Morgan fingerprint density at radius 2 is 1.90 bits per heavy atom. The second-order valence-electron chi connectivity index (χ2n) is 6.75. The zero-order chi connectivity index (χ0) is 20.4. The number of amides is 1. The lowest BCUT2D eigenvalue weighted by molar-refractivity contribution is -0.113. The van der Waals surface area contributed by atoms with Crippen molar-refractivity contribution in [1.82, 2.24) is 19.7 Å². The van der Waals surface area contributed by atoms with Crippen LogP contribution >= 0.6 is 11.8 Å². The van der Waals surface area contributed by atoms with Crippen LogP contribution in [0.3, 0.4) is 0 Å². The van der Waals surface area contributed by atoms with Crippen molar-refractivity contribution >= 4 is 33.2 Å². The maximum atomic E-state index is 12.4. The molecule has 1 aromatic carbocycles. The van der Waals surface area contributed by atoms with Crippen molar-refractivity contribution in [2.75, 3.05) is 17.3 Å². The molecule has 1 aliphatic rings. The molecule has 0 aliphatic heterocycles. The molecule has 0 unspecified atom stereocenters. The third-order valence-corrected chi connectivity index (χ3v) is 6.51. The zero-order valence-electron chi connectivity index (χ0n) is 15.6. The Labute approximate surface area is 172 Å². The number of aromatic nitrogens is 4. The first kappa shape index (κ1) is 19.6. The van der Waals surface area contributed by atoms with E-state index in [0.717, 1.165) is 30.5 Å². The fourth-order valence-electron chi connectivity index (χ4n) is 2.94. The Kier molecular flexibility index (Phi) is 5.37. The number of carbonyl (C=O) groups excluding carboxylic acids is 1. The number of rotatable bonds is 7. The number of benzene rings is 1. The maximum absolute atomic E-state index is 12.4. The van der Waals surface area contributed by atoms with E-state index in [1.54, 1.807) is 30.6 Å². The van der Waals surface area contributed by atoms with Crippen LogP contribution in [0.25, 0.3) is 11.4 Å². The van der Waals surface area contributed by atoms with Gasteiger partial charge in [-0.2, -0.15) is 0 Å². The van der Waals surface area contributed by atoms with Crippen molar-refractivity contribution in [1.29, 1.82) is 0 Å². The molecule has 0 bridgehead atoms. The van der Waals surface area contributed by atoms with Gasteiger partial charge in [0, 0.05) is 30.3 Å². The minimum atomic E-state index is -3.44. The number of carbonyl (C=O) groups is 1. The standard InChI is InChI=1S/C19H19N5O3S2/c1-29(26,27)16-5-3-2-4-15(16)21-17(25)12-28-19-23-22-18(24(19)14-6-7-14)13-8-10-20-11-9-13/h2-5,8-11,14H,6-7,12H2,1H3,(H,21,25). The molecule has 1 N–H and O–H groups in total. The average molecular weight is 430 g/mol. The summed E-state index contributed by atoms with van der Waals surface area (Å²) in [6.07, 6.45) is 6.64. The van der Waals surface area contributed by atoms with Gasteiger partial charge in [-0.05, 0) is 37.1 Å². The first-order valence-corrected chi connectivity index (χ1v) is 11.9. The molecule has 0 radical (unpaired) electrons. The Hall–Kier alpha value is -2.72. The summed E-state index contributed by atoms with van der Waals surface area (Å²) in [5.41, 5.74) is 1.21. The highest BCUT2D eigenvalue weighted by molar-refractivity contribution is 7.99. The number of anilines is 1. The van der Waals surface area contributed by atoms with Crippen molar-refractivity contribution in [3.63, 3.8) is 0 Å². The molecule has 4 rings (SSSR count). The average Bonchev–Trinajstić information content (AvgIpc) is 3.45. The van der Waals surface area contributed by atoms with E-state index < -0.39 is 9.84 Å². The number of sulfone groups is 1. The smallest absolute Gasteiger partial charge is 0.234 e. The van der Waals surface area contributed by atoms with Crippen molar-refractivity contribution in [2.24, 2.45) is 0 Å². The van der Waals surface area contributed by atoms with E-state index in [0.29, 0.717) is 11.2 Å². The second-order valence-corrected chi connectivity index (χ2v) is 9.68. The van der Waals surface area contributed by atoms with Gasteiger partial charge in [0.15, 0.2) is 20.8 Å². The third-order valence-electron chi connectivity index (χ3n) is 4.41. The van der Waals surface area contributed by atoms with Crippen LogP contribution in [0.5, 0.6) is 0 Å². The van der Waals surface area contributed by atoms with Gasteiger partial charge in [-0.15, -0.1) is 10.2 Å². The van der Waals surface area contributed by atoms with Crippen LogP contribution in [-0.2, 0) is 14.6 Å². The lowest BCUT2D eigenvalue weighted by Crippen LogP contribution is -2.16. The van der Waals surface area contributed by atoms with Gasteiger partial charge in [0.2, 0.25) is 5.91 Å². The Morgan fingerprint density at radius 1 is 1.17 bits per heavy atom. The fraction of sp³-hybridized carbons (Fsp3) is 0.263. The molecule has 0 atom stereocenters. The van der Waals surface area contributed by atoms with Gasteiger partial charge in [0.1, 0.15) is 0 Å². The number of pyridine rings is 1. The molecule has 0 spiro atoms. The number of thioether (sulfide) groups is 1. The molecule has 150 valence electrons. The Balaban J connectivity index is 1.49. The van der Waals surface area contributed by atoms with E-state index in [2.05, 4.69) is 25.1 Å². The van der Waals surface area contributed by atoms with Gasteiger partial charge in [-0.3, -0.25) is 14.3 Å². The predicted octanol–water partition coefficient (Wildman–Crippen LogP) is 2.81. The summed E-state index contributed by atoms with van der Waals surface area (Å²) in [6.45, 7) is 0. The minimum absolute atomic E-state index is 0.0965. The van der Waals surface area contributed by atoms with Crippen LogP contribution in [0.2, 0.25) is 0 Å². The first-order valence-electron chi connectivity index (χ1n) is 9.00. The monoisotopic (exact) mass is 429 g/mol. The van der Waals surface area contributed by atoms with Crippen molar-refractivity contribution in [3.8, 4) is 11.4 Å². The number of nitrogens with one attached hydrogen (secondary N) is 1. The van der Waals surface area contributed by atoms with E-state index in [4.69, 9.17) is 0 Å². The van der Waals surface area contributed by atoms with Gasteiger partial charge in [-0.1, -0.05) is 23.9 Å². The molecule has 1 amide bonds. The van der Waals surface area contributed by atoms with E-state index in [-0.39, 0.29) is 22.2 Å². The van der Waals surface area contributed by atoms with E-state index in [1.807, 2.05) is 12.1 Å². The highest BCUT2D eigenvalue weighted by Crippen LogP contribution is 2.41. The Bertz CT molecular complexity index is 1140. The van der Waals surface area contributed by atoms with Crippen LogP contribution in [0.4, 0.5) is 5.69 Å². The normalized spacial score (nSPS) is 14.0. The number of hydrogen-bond acceptors (Lipinski definition) is 7. The quantitative estimate of drug-likeness (QED) is 0.576. The topological polar surface area (TPSA) is 107 Å². The lowest BCUT2D eigenvalue weighted by Gasteiger charge is -2.10. The van der Waals surface area contributed by atoms with Crippen LogP contribution < -0.4 is 5.32 Å². The molecule has 0 saturated heterocycles. The summed E-state index contributed by atoms with van der Waals surface area (Å²) < 4.78 is 25.9. The molecular formula is C19H19N5O3S2. The zero-order valence-corrected chi connectivity index (χ0v) is 17.3. The SMILES string of the molecule is CS(=O)(=O)c1ccccc1NC(=O)CSc1nnc(-c2ccncc2)n1C1CC1. The molecule has 1 fully saturated rings. The summed E-state index contributed by atoms with van der Waals surface area (Å²) in [5.74, 6) is 0.557. The lowest BCUT2D eigenvalue weighted by atomic mass is 10.2. The van der Waals surface area contributed by atoms with Crippen molar-refractivity contribution < 1.29 is 13.2 Å². The second kappa shape index (κ2) is 7.96. The highest BCUT2D eigenvalue weighted by atomic mass is 32.2. The molecular weight excluding hydrogens is 410 g/mol. The molecule has 10 heteroatoms. The van der Waals surface area contributed by atoms with E-state index >= 15 is 0 Å². The largest absolute Gasteiger partial charge is 0.324 e. The molecule has 29 heavy (non-hydrogen) atoms. The van der Waals surface area contributed by atoms with Gasteiger partial charge < -0.3 is 5.32 Å². The third kappa shape index (κ3) is 4.48. The van der Waals surface area contributed by atoms with Gasteiger partial charge in [0.25, 0.3) is 0 Å². The summed E-state index contributed by atoms with van der Waals surface area (Å²) in [5, 5.41) is 11.9. The molecule has 3 aromatic rings. The summed E-state index contributed by atoms with van der Waals surface area (Å²) in [4.78, 5) is 16.6. The van der Waals surface area contributed by atoms with Crippen LogP contribution in [0.1, 0.15) is 18.9 Å². The highest BCUT2D eigenvalue weighted by Gasteiger charge is 2.30. The van der Waals surface area contributed by atoms with Gasteiger partial charge in [0.05, 0.1) is 16.3 Å². The van der Waals surface area contributed by atoms with Gasteiger partial charge >= 0.3 is 0 Å². The Morgan fingerprint density at radius 3 is 2.59 bits per heavy atom. The maximum Gasteiger partial charge on any atom is 0.234 e. The van der Waals surface area contributed by atoms with Crippen molar-refractivity contribution in [2.45, 2.75) is 28.9 Å². The molecule has 8 nitrogen and oxygen atoms in total. The summed E-state index contributed by atoms with van der Waals surface area (Å²) in [6, 6.07) is 10.5. The number of nitrogens with zero attached hydrogens (tertiary/aromatic N) is 4. The van der Waals surface area contributed by atoms with Crippen LogP contribution in [0.15, 0.2) is 58.8 Å². The van der Waals surface area contributed by atoms with Crippen LogP contribution in [0, 0.1) is 0 Å². The van der Waals surface area contributed by atoms with E-state index in [9.17, 15) is 13.2 Å². The van der Waals surface area contributed by atoms with Crippen molar-refractivity contribution in [3.05, 3.63) is 48.8 Å². The fourth-order valence-corrected chi connectivity index (χ4v) is 4.59. The molecule has 2 aromatic heterocycles. The molecule has 1 aliphatic carbocycles. The van der Waals surface area contributed by atoms with Crippen LogP contribution in [-0.4, -0.2) is 46.1 Å². The minimum Gasteiger partial charge on any atom is -0.324 e. The number of para-hydroxylation sites is 1. The summed E-state index contributed by atoms with van der Waals surface area (Å²) >= 11 is 1.28. The first-order chi connectivity index (χ1) is 13.9. The molecule has 2 heterocycles. The summed E-state index contributed by atoms with van der Waals surface area (Å²) in [7, 11) is -3.44. The van der Waals surface area contributed by atoms with Gasteiger partial charge in [-0.25, -0.2) is 8.42 Å². The molecule has 1 saturated carbocycles.